The van der Waals surface area contributed by atoms with Crippen molar-refractivity contribution < 1.29 is 14.6 Å². The molecule has 0 radical (unpaired) electrons. The Morgan fingerprint density at radius 1 is 1.41 bits per heavy atom. The number of unbranched alkanes of at least 4 members (excludes halogenated alkanes) is 1. The van der Waals surface area contributed by atoms with Crippen molar-refractivity contribution in [2.75, 3.05) is 6.61 Å². The smallest absolute Gasteiger partial charge is 0.404 e. The average Bonchev–Trinajstić information content (AvgIpc) is 2.42. The average molecular weight is 303 g/mol. The number of benzene rings is 1. The Labute approximate surface area is 132 Å². The van der Waals surface area contributed by atoms with Gasteiger partial charge in [0.25, 0.3) is 0 Å². The number of nitrogens with two attached hydrogens (primary N) is 1. The molecule has 4 heteroatoms. The second kappa shape index (κ2) is 8.45. The van der Waals surface area contributed by atoms with Crippen molar-refractivity contribution in [1.29, 1.82) is 0 Å². The summed E-state index contributed by atoms with van der Waals surface area (Å²) < 4.78 is 5.25. The van der Waals surface area contributed by atoms with Crippen molar-refractivity contribution in [2.45, 2.75) is 46.1 Å². The first kappa shape index (κ1) is 18.1. The van der Waals surface area contributed by atoms with Gasteiger partial charge in [0.05, 0.1) is 0 Å². The van der Waals surface area contributed by atoms with Crippen LogP contribution in [-0.4, -0.2) is 23.9 Å². The summed E-state index contributed by atoms with van der Waals surface area (Å²) >= 11 is 0. The number of rotatable bonds is 5. The molecule has 4 nitrogen and oxygen atoms in total. The summed E-state index contributed by atoms with van der Waals surface area (Å²) in [5.74, 6) is 6.11. The van der Waals surface area contributed by atoms with Gasteiger partial charge in [-0.1, -0.05) is 44.7 Å². The lowest BCUT2D eigenvalue weighted by Crippen LogP contribution is -2.35. The van der Waals surface area contributed by atoms with E-state index in [0.717, 1.165) is 11.1 Å². The number of amides is 1. The molecule has 0 spiro atoms. The summed E-state index contributed by atoms with van der Waals surface area (Å²) in [7, 11) is 0. The third-order valence-electron chi connectivity index (χ3n) is 3.27. The molecule has 1 atom stereocenters. The van der Waals surface area contributed by atoms with E-state index < -0.39 is 6.09 Å². The minimum Gasteiger partial charge on any atom is -0.445 e. The molecular weight excluding hydrogens is 278 g/mol. The predicted octanol–water partition coefficient (Wildman–Crippen LogP) is 2.86. The third-order valence-corrected chi connectivity index (χ3v) is 3.27. The molecule has 0 saturated heterocycles. The highest BCUT2D eigenvalue weighted by atomic mass is 16.6. The molecule has 0 aliphatic heterocycles. The predicted molar refractivity (Wildman–Crippen MR) is 87.3 cm³/mol. The van der Waals surface area contributed by atoms with Crippen LogP contribution in [0.25, 0.3) is 0 Å². The van der Waals surface area contributed by atoms with E-state index in [1.165, 1.54) is 0 Å². The van der Waals surface area contributed by atoms with E-state index in [2.05, 4.69) is 11.8 Å². The molecule has 0 aromatic heterocycles. The van der Waals surface area contributed by atoms with Crippen LogP contribution in [0.2, 0.25) is 0 Å². The van der Waals surface area contributed by atoms with E-state index >= 15 is 0 Å². The van der Waals surface area contributed by atoms with Gasteiger partial charge in [-0.05, 0) is 29.5 Å². The highest BCUT2D eigenvalue weighted by molar-refractivity contribution is 5.64. The minimum atomic E-state index is -0.750. The highest BCUT2D eigenvalue weighted by Gasteiger charge is 2.27. The van der Waals surface area contributed by atoms with E-state index in [-0.39, 0.29) is 18.1 Å². The first-order valence-corrected chi connectivity index (χ1v) is 7.47. The molecule has 3 N–H and O–H groups in total. The molecule has 1 rings (SSSR count). The Balaban J connectivity index is 2.82. The SMILES string of the molecule is CC(C)(C)C(Cc1cccc(C#CCCCO)c1)OC(N)=O. The van der Waals surface area contributed by atoms with Crippen molar-refractivity contribution in [3.05, 3.63) is 35.4 Å². The molecule has 1 aromatic carbocycles. The fourth-order valence-electron chi connectivity index (χ4n) is 1.99. The lowest BCUT2D eigenvalue weighted by molar-refractivity contribution is 0.0374. The minimum absolute atomic E-state index is 0.159. The van der Waals surface area contributed by atoms with E-state index in [0.29, 0.717) is 19.3 Å². The van der Waals surface area contributed by atoms with Crippen LogP contribution in [0.3, 0.4) is 0 Å². The summed E-state index contributed by atoms with van der Waals surface area (Å²) in [6.07, 6.45) is 0.919. The largest absolute Gasteiger partial charge is 0.445 e. The maximum Gasteiger partial charge on any atom is 0.404 e. The number of hydrogen-bond acceptors (Lipinski definition) is 3. The molecule has 120 valence electrons. The van der Waals surface area contributed by atoms with Gasteiger partial charge in [-0.3, -0.25) is 0 Å². The van der Waals surface area contributed by atoms with Crippen LogP contribution in [0, 0.1) is 17.3 Å². The molecule has 0 aliphatic rings. The molecule has 22 heavy (non-hydrogen) atoms. The zero-order valence-electron chi connectivity index (χ0n) is 13.6. The molecule has 1 aromatic rings. The van der Waals surface area contributed by atoms with Crippen LogP contribution in [0.15, 0.2) is 24.3 Å². The van der Waals surface area contributed by atoms with Gasteiger partial charge in [0, 0.05) is 25.0 Å². The first-order chi connectivity index (χ1) is 10.3. The van der Waals surface area contributed by atoms with Gasteiger partial charge >= 0.3 is 6.09 Å². The fourth-order valence-corrected chi connectivity index (χ4v) is 1.99. The molecule has 0 aliphatic carbocycles. The molecular formula is C18H25NO3. The number of aliphatic hydroxyl groups is 1. The van der Waals surface area contributed by atoms with Crippen molar-refractivity contribution in [1.82, 2.24) is 0 Å². The third kappa shape index (κ3) is 6.64. The summed E-state index contributed by atoms with van der Waals surface area (Å²) in [6, 6.07) is 7.86. The maximum atomic E-state index is 11.1. The number of hydrogen-bond donors (Lipinski definition) is 2. The Bertz CT molecular complexity index is 549. The zero-order chi connectivity index (χ0) is 16.6. The van der Waals surface area contributed by atoms with Crippen LogP contribution in [0.4, 0.5) is 4.79 Å². The Kier molecular flexibility index (Phi) is 6.94. The standard InChI is InChI=1S/C18H25NO3/c1-18(2,3)16(22-17(19)21)13-15-10-7-9-14(12-15)8-5-4-6-11-20/h7,9-10,12,16,20H,4,6,11,13H2,1-3H3,(H2,19,21). The summed E-state index contributed by atoms with van der Waals surface area (Å²) in [6.45, 7) is 6.20. The summed E-state index contributed by atoms with van der Waals surface area (Å²) in [5, 5.41) is 8.74. The van der Waals surface area contributed by atoms with E-state index in [4.69, 9.17) is 15.6 Å². The number of primary amides is 1. The van der Waals surface area contributed by atoms with Gasteiger partial charge in [-0.25, -0.2) is 4.79 Å². The van der Waals surface area contributed by atoms with Crippen molar-refractivity contribution in [3.8, 4) is 11.8 Å². The lowest BCUT2D eigenvalue weighted by atomic mass is 9.85. The summed E-state index contributed by atoms with van der Waals surface area (Å²) in [4.78, 5) is 11.1. The van der Waals surface area contributed by atoms with Crippen molar-refractivity contribution >= 4 is 6.09 Å². The fraction of sp³-hybridized carbons (Fsp3) is 0.500. The molecule has 0 fully saturated rings. The molecule has 1 amide bonds. The van der Waals surface area contributed by atoms with Crippen molar-refractivity contribution in [3.63, 3.8) is 0 Å². The van der Waals surface area contributed by atoms with Crippen molar-refractivity contribution in [2.24, 2.45) is 11.1 Å². The number of carbonyl (C=O) groups excluding carboxylic acids is 1. The monoisotopic (exact) mass is 303 g/mol. The second-order valence-electron chi connectivity index (χ2n) is 6.32. The highest BCUT2D eigenvalue weighted by Crippen LogP contribution is 2.25. The van der Waals surface area contributed by atoms with Gasteiger partial charge < -0.3 is 15.6 Å². The van der Waals surface area contributed by atoms with Crippen LogP contribution >= 0.6 is 0 Å². The van der Waals surface area contributed by atoms with Gasteiger partial charge in [0.2, 0.25) is 0 Å². The second-order valence-corrected chi connectivity index (χ2v) is 6.32. The Morgan fingerprint density at radius 2 is 2.14 bits per heavy atom. The first-order valence-electron chi connectivity index (χ1n) is 7.47. The Hall–Kier alpha value is -1.99. The lowest BCUT2D eigenvalue weighted by Gasteiger charge is -2.29. The molecule has 1 unspecified atom stereocenters. The van der Waals surface area contributed by atoms with Crippen LogP contribution in [0.1, 0.15) is 44.7 Å². The van der Waals surface area contributed by atoms with Crippen LogP contribution < -0.4 is 5.73 Å². The van der Waals surface area contributed by atoms with Gasteiger partial charge in [0.15, 0.2) is 0 Å². The maximum absolute atomic E-state index is 11.1. The normalized spacial score (nSPS) is 12.2. The van der Waals surface area contributed by atoms with Gasteiger partial charge in [-0.15, -0.1) is 0 Å². The number of carbonyl (C=O) groups is 1. The molecule has 0 saturated carbocycles. The van der Waals surface area contributed by atoms with Crippen LogP contribution in [0.5, 0.6) is 0 Å². The molecule has 0 bridgehead atoms. The molecule has 0 heterocycles. The number of aliphatic hydroxyl groups excluding tert-OH is 1. The van der Waals surface area contributed by atoms with Crippen LogP contribution in [-0.2, 0) is 11.2 Å². The van der Waals surface area contributed by atoms with E-state index in [1.54, 1.807) is 0 Å². The van der Waals surface area contributed by atoms with E-state index in [9.17, 15) is 4.79 Å². The van der Waals surface area contributed by atoms with Gasteiger partial charge in [-0.2, -0.15) is 0 Å². The summed E-state index contributed by atoms with van der Waals surface area (Å²) in [5.41, 5.74) is 6.94. The zero-order valence-corrected chi connectivity index (χ0v) is 13.6. The Morgan fingerprint density at radius 3 is 2.73 bits per heavy atom. The van der Waals surface area contributed by atoms with E-state index in [1.807, 2.05) is 45.0 Å². The number of ether oxygens (including phenoxy) is 1. The quantitative estimate of drug-likeness (QED) is 0.649. The topological polar surface area (TPSA) is 72.6 Å². The van der Waals surface area contributed by atoms with Gasteiger partial charge in [0.1, 0.15) is 6.10 Å².